The highest BCUT2D eigenvalue weighted by Crippen LogP contribution is 2.41. The Morgan fingerprint density at radius 3 is 2.86 bits per heavy atom. The van der Waals surface area contributed by atoms with Gasteiger partial charge in [-0.3, -0.25) is 0 Å². The minimum atomic E-state index is -0.312. The number of hydrogen-bond donors (Lipinski definition) is 0. The van der Waals surface area contributed by atoms with Crippen LogP contribution in [-0.4, -0.2) is 23.2 Å². The first kappa shape index (κ1) is 15.0. The number of aromatic nitrogens is 1. The summed E-state index contributed by atoms with van der Waals surface area (Å²) in [7, 11) is 0. The maximum absolute atomic E-state index is 10.6. The van der Waals surface area contributed by atoms with E-state index in [0.29, 0.717) is 34.5 Å². The van der Waals surface area contributed by atoms with Crippen LogP contribution in [0.25, 0.3) is 0 Å². The van der Waals surface area contributed by atoms with E-state index in [1.165, 1.54) is 12.8 Å². The first-order chi connectivity index (χ1) is 10.1. The zero-order chi connectivity index (χ0) is 14.9. The Balaban J connectivity index is 1.79. The van der Waals surface area contributed by atoms with Crippen LogP contribution in [0, 0.1) is 5.92 Å². The van der Waals surface area contributed by atoms with Crippen LogP contribution in [0.4, 0.5) is 0 Å². The van der Waals surface area contributed by atoms with Crippen LogP contribution in [0.15, 0.2) is 15.7 Å². The SMILES string of the molecule is O=C=NC1(Cc2cc(OCC3CC3)c(Cl)nc2Br)CCC1. The van der Waals surface area contributed by atoms with Crippen LogP contribution in [-0.2, 0) is 11.2 Å². The molecule has 0 aliphatic heterocycles. The molecule has 2 saturated carbocycles. The molecule has 1 aromatic rings. The van der Waals surface area contributed by atoms with Crippen LogP contribution in [0.3, 0.4) is 0 Å². The van der Waals surface area contributed by atoms with E-state index in [1.807, 2.05) is 6.07 Å². The molecule has 21 heavy (non-hydrogen) atoms. The van der Waals surface area contributed by atoms with Crippen molar-refractivity contribution in [1.82, 2.24) is 4.98 Å². The van der Waals surface area contributed by atoms with Crippen molar-refractivity contribution in [2.75, 3.05) is 6.61 Å². The maximum Gasteiger partial charge on any atom is 0.235 e. The zero-order valence-electron chi connectivity index (χ0n) is 11.6. The molecule has 0 saturated heterocycles. The third-order valence-corrected chi connectivity index (χ3v) is 5.19. The third kappa shape index (κ3) is 3.47. The average molecular weight is 372 g/mol. The number of aliphatic imine (C=N–C) groups is 1. The van der Waals surface area contributed by atoms with Crippen LogP contribution in [0.1, 0.15) is 37.7 Å². The summed E-state index contributed by atoms with van der Waals surface area (Å²) in [5, 5.41) is 0.368. The lowest BCUT2D eigenvalue weighted by Gasteiger charge is -2.36. The fourth-order valence-corrected chi connectivity index (χ4v) is 3.30. The summed E-state index contributed by atoms with van der Waals surface area (Å²) < 4.78 is 6.45. The van der Waals surface area contributed by atoms with Gasteiger partial charge in [-0.2, -0.15) is 4.99 Å². The van der Waals surface area contributed by atoms with Gasteiger partial charge in [-0.05, 0) is 65.6 Å². The second kappa shape index (κ2) is 6.07. The van der Waals surface area contributed by atoms with Gasteiger partial charge < -0.3 is 4.74 Å². The Kier molecular flexibility index (Phi) is 4.34. The van der Waals surface area contributed by atoms with E-state index >= 15 is 0 Å². The lowest BCUT2D eigenvalue weighted by atomic mass is 9.73. The first-order valence-corrected chi connectivity index (χ1v) is 8.36. The highest BCUT2D eigenvalue weighted by atomic mass is 79.9. The van der Waals surface area contributed by atoms with Crippen LogP contribution in [0.2, 0.25) is 5.15 Å². The maximum atomic E-state index is 10.6. The van der Waals surface area contributed by atoms with Gasteiger partial charge in [-0.15, -0.1) is 0 Å². The number of isocyanates is 1. The smallest absolute Gasteiger partial charge is 0.235 e. The number of rotatable bonds is 6. The molecule has 1 aromatic heterocycles. The molecular formula is C15H16BrClN2O2. The molecule has 0 amide bonds. The summed E-state index contributed by atoms with van der Waals surface area (Å²) in [6.45, 7) is 0.695. The molecule has 3 rings (SSSR count). The van der Waals surface area contributed by atoms with E-state index in [0.717, 1.165) is 24.8 Å². The molecule has 6 heteroatoms. The van der Waals surface area contributed by atoms with E-state index < -0.39 is 0 Å². The summed E-state index contributed by atoms with van der Waals surface area (Å²) in [5.74, 6) is 1.28. The predicted octanol–water partition coefficient (Wildman–Crippen LogP) is 4.09. The summed E-state index contributed by atoms with van der Waals surface area (Å²) in [6, 6.07) is 1.92. The molecule has 0 atom stereocenters. The van der Waals surface area contributed by atoms with Gasteiger partial charge in [0, 0.05) is 6.42 Å². The van der Waals surface area contributed by atoms with Gasteiger partial charge in [0.1, 0.15) is 4.60 Å². The van der Waals surface area contributed by atoms with Crippen molar-refractivity contribution in [3.05, 3.63) is 21.4 Å². The number of nitrogens with zero attached hydrogens (tertiary/aromatic N) is 2. The van der Waals surface area contributed by atoms with Crippen molar-refractivity contribution in [3.8, 4) is 5.75 Å². The minimum Gasteiger partial charge on any atom is -0.490 e. The Morgan fingerprint density at radius 2 is 2.29 bits per heavy atom. The molecule has 0 unspecified atom stereocenters. The summed E-state index contributed by atoms with van der Waals surface area (Å²) >= 11 is 9.57. The molecule has 0 N–H and O–H groups in total. The number of hydrogen-bond acceptors (Lipinski definition) is 4. The van der Waals surface area contributed by atoms with Gasteiger partial charge in [-0.25, -0.2) is 9.78 Å². The minimum absolute atomic E-state index is 0.312. The predicted molar refractivity (Wildman–Crippen MR) is 83.6 cm³/mol. The topological polar surface area (TPSA) is 51.5 Å². The molecule has 2 aliphatic carbocycles. The van der Waals surface area contributed by atoms with Crippen molar-refractivity contribution in [2.24, 2.45) is 10.9 Å². The number of halogens is 2. The van der Waals surface area contributed by atoms with Gasteiger partial charge in [0.25, 0.3) is 0 Å². The Hall–Kier alpha value is -0.900. The van der Waals surface area contributed by atoms with Crippen LogP contribution < -0.4 is 4.74 Å². The quantitative estimate of drug-likeness (QED) is 0.430. The molecule has 1 heterocycles. The highest BCUT2D eigenvalue weighted by molar-refractivity contribution is 9.10. The number of carbonyl (C=O) groups excluding carboxylic acids is 1. The Labute approximate surface area is 137 Å². The average Bonchev–Trinajstić information content (AvgIpc) is 3.22. The second-order valence-electron chi connectivity index (χ2n) is 5.94. The highest BCUT2D eigenvalue weighted by Gasteiger charge is 2.38. The Bertz CT molecular complexity index is 594. The van der Waals surface area contributed by atoms with Crippen molar-refractivity contribution < 1.29 is 9.53 Å². The fourth-order valence-electron chi connectivity index (χ4n) is 2.57. The molecule has 112 valence electrons. The van der Waals surface area contributed by atoms with Crippen molar-refractivity contribution >= 4 is 33.6 Å². The van der Waals surface area contributed by atoms with E-state index in [4.69, 9.17) is 16.3 Å². The summed E-state index contributed by atoms with van der Waals surface area (Å²) in [5.41, 5.74) is 0.664. The lowest BCUT2D eigenvalue weighted by Crippen LogP contribution is -2.37. The molecule has 2 aliphatic rings. The van der Waals surface area contributed by atoms with E-state index in [9.17, 15) is 4.79 Å². The standard InChI is InChI=1S/C15H16BrClN2O2/c16-13-11(7-15(18-9-20)4-1-5-15)6-12(14(17)19-13)21-8-10-2-3-10/h6,10H,1-5,7-8H2. The van der Waals surface area contributed by atoms with E-state index in [1.54, 1.807) is 6.08 Å². The zero-order valence-corrected chi connectivity index (χ0v) is 13.9. The lowest BCUT2D eigenvalue weighted by molar-refractivity contribution is 0.248. The molecule has 2 fully saturated rings. The Morgan fingerprint density at radius 1 is 1.52 bits per heavy atom. The van der Waals surface area contributed by atoms with Gasteiger partial charge in [-0.1, -0.05) is 11.6 Å². The van der Waals surface area contributed by atoms with Gasteiger partial charge >= 0.3 is 0 Å². The fraction of sp³-hybridized carbons (Fsp3) is 0.600. The summed E-state index contributed by atoms with van der Waals surface area (Å²) in [6.07, 6.45) is 7.74. The van der Waals surface area contributed by atoms with E-state index in [-0.39, 0.29) is 5.54 Å². The van der Waals surface area contributed by atoms with Gasteiger partial charge in [0.2, 0.25) is 6.08 Å². The normalized spacial score (nSPS) is 19.5. The van der Waals surface area contributed by atoms with Gasteiger partial charge in [0.15, 0.2) is 10.9 Å². The van der Waals surface area contributed by atoms with Crippen LogP contribution in [0.5, 0.6) is 5.75 Å². The van der Waals surface area contributed by atoms with Crippen molar-refractivity contribution in [3.63, 3.8) is 0 Å². The molecular weight excluding hydrogens is 356 g/mol. The molecule has 0 radical (unpaired) electrons. The molecule has 0 aromatic carbocycles. The number of pyridine rings is 1. The van der Waals surface area contributed by atoms with Crippen molar-refractivity contribution in [1.29, 1.82) is 0 Å². The van der Waals surface area contributed by atoms with Crippen molar-refractivity contribution in [2.45, 2.75) is 44.1 Å². The van der Waals surface area contributed by atoms with Gasteiger partial charge in [0.05, 0.1) is 12.1 Å². The second-order valence-corrected chi connectivity index (χ2v) is 7.05. The molecule has 4 nitrogen and oxygen atoms in total. The largest absolute Gasteiger partial charge is 0.490 e. The summed E-state index contributed by atoms with van der Waals surface area (Å²) in [4.78, 5) is 18.9. The van der Waals surface area contributed by atoms with Crippen LogP contribution >= 0.6 is 27.5 Å². The first-order valence-electron chi connectivity index (χ1n) is 7.19. The third-order valence-electron chi connectivity index (χ3n) is 4.23. The van der Waals surface area contributed by atoms with E-state index in [2.05, 4.69) is 25.9 Å². The monoisotopic (exact) mass is 370 g/mol. The molecule has 0 bridgehead atoms. The number of ether oxygens (including phenoxy) is 1. The molecule has 0 spiro atoms.